The van der Waals surface area contributed by atoms with Gasteiger partial charge in [0.25, 0.3) is 12.2 Å². The molecule has 0 saturated carbocycles. The van der Waals surface area contributed by atoms with Gasteiger partial charge in [-0.2, -0.15) is 13.2 Å². The molecule has 0 aliphatic rings. The maximum Gasteiger partial charge on any atom is 0.416 e. The minimum absolute atomic E-state index is 0.126. The van der Waals surface area contributed by atoms with Gasteiger partial charge in [0.15, 0.2) is 0 Å². The van der Waals surface area contributed by atoms with Gasteiger partial charge in [0.05, 0.1) is 17.6 Å². The molecule has 0 aromatic heterocycles. The van der Waals surface area contributed by atoms with E-state index in [1.54, 1.807) is 0 Å². The van der Waals surface area contributed by atoms with E-state index in [0.717, 1.165) is 19.1 Å². The Morgan fingerprint density at radius 2 is 1.79 bits per heavy atom. The zero-order chi connectivity index (χ0) is 19.5. The molecule has 0 bridgehead atoms. The van der Waals surface area contributed by atoms with E-state index in [-0.39, 0.29) is 5.56 Å². The number of rotatable bonds is 4. The second kappa shape index (κ2) is 11.1. The Bertz CT molecular complexity index is 571. The fraction of sp³-hybridized carbons (Fsp3) is 0.467. The summed E-state index contributed by atoms with van der Waals surface area (Å²) in [5, 5.41) is 10.8. The molecule has 0 amide bonds. The number of nitro benzene ring substituents is 1. The van der Waals surface area contributed by atoms with Gasteiger partial charge in [0.1, 0.15) is 5.78 Å². The van der Waals surface area contributed by atoms with E-state index in [1.807, 2.05) is 13.8 Å². The van der Waals surface area contributed by atoms with Crippen LogP contribution in [0.5, 0.6) is 0 Å². The van der Waals surface area contributed by atoms with Crippen LogP contribution in [0.25, 0.3) is 0 Å². The standard InChI is InChI=1S/C11H10F3NO3.C2H4O2.C2H6/c1-6-3-9(11(12,13)14)8(5-7(2)16)10(4-6)15(17)18;1-4-2-3;1-2/h3-4H,5H2,1-2H3;2H,1H3;1-2H3. The molecule has 9 heteroatoms. The Kier molecular flexibility index (Phi) is 11.1. The van der Waals surface area contributed by atoms with Gasteiger partial charge in [-0.25, -0.2) is 0 Å². The average molecular weight is 351 g/mol. The van der Waals surface area contributed by atoms with E-state index in [1.165, 1.54) is 14.0 Å². The summed E-state index contributed by atoms with van der Waals surface area (Å²) in [6.45, 7) is 6.80. The highest BCUT2D eigenvalue weighted by molar-refractivity contribution is 5.80. The molecule has 0 atom stereocenters. The predicted molar refractivity (Wildman–Crippen MR) is 81.6 cm³/mol. The van der Waals surface area contributed by atoms with Crippen LogP contribution in [-0.4, -0.2) is 24.3 Å². The van der Waals surface area contributed by atoms with Gasteiger partial charge in [-0.05, 0) is 25.5 Å². The molecule has 0 spiro atoms. The van der Waals surface area contributed by atoms with Crippen LogP contribution in [0.3, 0.4) is 0 Å². The van der Waals surface area contributed by atoms with Gasteiger partial charge in [0.2, 0.25) is 0 Å². The molecule has 6 nitrogen and oxygen atoms in total. The lowest BCUT2D eigenvalue weighted by Gasteiger charge is -2.13. The zero-order valence-corrected chi connectivity index (χ0v) is 14.1. The van der Waals surface area contributed by atoms with Crippen LogP contribution < -0.4 is 0 Å². The van der Waals surface area contributed by atoms with Crippen molar-refractivity contribution < 1.29 is 32.4 Å². The van der Waals surface area contributed by atoms with E-state index >= 15 is 0 Å². The van der Waals surface area contributed by atoms with Crippen molar-refractivity contribution in [3.05, 3.63) is 38.9 Å². The number of Topliss-reactive ketones (excluding diaryl/α,β-unsaturated/α-hetero) is 1. The third-order valence-corrected chi connectivity index (χ3v) is 2.39. The highest BCUT2D eigenvalue weighted by atomic mass is 19.4. The normalized spacial score (nSPS) is 9.67. The first-order valence-corrected chi connectivity index (χ1v) is 6.85. The Morgan fingerprint density at radius 1 is 1.33 bits per heavy atom. The first-order valence-electron chi connectivity index (χ1n) is 6.85. The minimum atomic E-state index is -4.72. The minimum Gasteiger partial charge on any atom is -0.471 e. The van der Waals surface area contributed by atoms with E-state index in [9.17, 15) is 28.1 Å². The van der Waals surface area contributed by atoms with Crippen LogP contribution >= 0.6 is 0 Å². The molecular formula is C15H20F3NO5. The predicted octanol–water partition coefficient (Wildman–Crippen LogP) is 3.87. The summed E-state index contributed by atoms with van der Waals surface area (Å²) < 4.78 is 42.2. The van der Waals surface area contributed by atoms with Crippen molar-refractivity contribution in [3.63, 3.8) is 0 Å². The number of methoxy groups -OCH3 is 1. The molecule has 0 N–H and O–H groups in total. The second-order valence-corrected chi connectivity index (χ2v) is 4.28. The summed E-state index contributed by atoms with van der Waals surface area (Å²) in [6.07, 6.45) is -5.33. The van der Waals surface area contributed by atoms with Crippen LogP contribution in [0.1, 0.15) is 37.5 Å². The fourth-order valence-corrected chi connectivity index (χ4v) is 1.65. The fourth-order valence-electron chi connectivity index (χ4n) is 1.65. The Morgan fingerprint density at radius 3 is 2.08 bits per heavy atom. The molecule has 0 aliphatic heterocycles. The van der Waals surface area contributed by atoms with Gasteiger partial charge >= 0.3 is 6.18 Å². The quantitative estimate of drug-likeness (QED) is 0.467. The Balaban J connectivity index is 0. The first-order chi connectivity index (χ1) is 11.0. The SMILES string of the molecule is CC.CC(=O)Cc1c([N+](=O)[O-])cc(C)cc1C(F)(F)F.COC=O. The topological polar surface area (TPSA) is 86.5 Å². The third-order valence-electron chi connectivity index (χ3n) is 2.39. The molecule has 0 unspecified atom stereocenters. The van der Waals surface area contributed by atoms with Crippen LogP contribution in [0.15, 0.2) is 12.1 Å². The molecular weight excluding hydrogens is 331 g/mol. The third kappa shape index (κ3) is 8.25. The average Bonchev–Trinajstić information content (AvgIpc) is 2.49. The van der Waals surface area contributed by atoms with Gasteiger partial charge in [0, 0.05) is 18.1 Å². The maximum absolute atomic E-state index is 12.8. The zero-order valence-electron chi connectivity index (χ0n) is 14.1. The molecule has 1 aromatic rings. The van der Waals surface area contributed by atoms with E-state index in [2.05, 4.69) is 4.74 Å². The van der Waals surface area contributed by atoms with E-state index < -0.39 is 40.1 Å². The van der Waals surface area contributed by atoms with Crippen molar-refractivity contribution >= 4 is 17.9 Å². The number of alkyl halides is 3. The molecule has 0 aliphatic carbocycles. The number of carbonyl (C=O) groups is 2. The van der Waals surface area contributed by atoms with E-state index in [4.69, 9.17) is 4.79 Å². The van der Waals surface area contributed by atoms with Crippen molar-refractivity contribution in [1.82, 2.24) is 0 Å². The van der Waals surface area contributed by atoms with Crippen molar-refractivity contribution in [2.75, 3.05) is 7.11 Å². The number of benzene rings is 1. The van der Waals surface area contributed by atoms with Crippen molar-refractivity contribution in [2.45, 2.75) is 40.3 Å². The summed E-state index contributed by atoms with van der Waals surface area (Å²) >= 11 is 0. The number of aryl methyl sites for hydroxylation is 1. The molecule has 24 heavy (non-hydrogen) atoms. The summed E-state index contributed by atoms with van der Waals surface area (Å²) in [7, 11) is 1.31. The largest absolute Gasteiger partial charge is 0.471 e. The Hall–Kier alpha value is -2.45. The molecule has 0 radical (unpaired) electrons. The number of ketones is 1. The Labute approximate surface area is 137 Å². The molecule has 0 saturated heterocycles. The number of hydrogen-bond acceptors (Lipinski definition) is 5. The maximum atomic E-state index is 12.8. The molecule has 1 rings (SSSR count). The summed E-state index contributed by atoms with van der Waals surface area (Å²) in [5.74, 6) is -0.563. The molecule has 0 heterocycles. The monoisotopic (exact) mass is 351 g/mol. The molecule has 0 fully saturated rings. The van der Waals surface area contributed by atoms with Crippen molar-refractivity contribution in [3.8, 4) is 0 Å². The van der Waals surface area contributed by atoms with Crippen LogP contribution in [0, 0.1) is 17.0 Å². The highest BCUT2D eigenvalue weighted by Gasteiger charge is 2.37. The molecule has 136 valence electrons. The van der Waals surface area contributed by atoms with Crippen molar-refractivity contribution in [2.24, 2.45) is 0 Å². The van der Waals surface area contributed by atoms with Crippen LogP contribution in [0.2, 0.25) is 0 Å². The second-order valence-electron chi connectivity index (χ2n) is 4.28. The molecule has 1 aromatic carbocycles. The number of nitro groups is 1. The number of halogens is 3. The summed E-state index contributed by atoms with van der Waals surface area (Å²) in [6, 6.07) is 1.85. The van der Waals surface area contributed by atoms with Gasteiger partial charge in [-0.15, -0.1) is 0 Å². The van der Waals surface area contributed by atoms with Crippen LogP contribution in [0.4, 0.5) is 18.9 Å². The highest BCUT2D eigenvalue weighted by Crippen LogP contribution is 2.37. The lowest BCUT2D eigenvalue weighted by Crippen LogP contribution is -2.14. The first kappa shape index (κ1) is 23.8. The number of hydrogen-bond donors (Lipinski definition) is 0. The smallest absolute Gasteiger partial charge is 0.416 e. The van der Waals surface area contributed by atoms with Crippen molar-refractivity contribution in [1.29, 1.82) is 0 Å². The summed E-state index contributed by atoms with van der Waals surface area (Å²) in [4.78, 5) is 29.8. The lowest BCUT2D eigenvalue weighted by molar-refractivity contribution is -0.385. The number of ether oxygens (including phenoxy) is 1. The summed E-state index contributed by atoms with van der Waals surface area (Å²) in [5.41, 5.74) is -2.24. The number of nitrogens with zero attached hydrogens (tertiary/aromatic N) is 1. The van der Waals surface area contributed by atoms with Gasteiger partial charge < -0.3 is 4.74 Å². The van der Waals surface area contributed by atoms with E-state index in [0.29, 0.717) is 6.47 Å². The van der Waals surface area contributed by atoms with Gasteiger partial charge in [-0.3, -0.25) is 19.7 Å². The number of carbonyl (C=O) groups excluding carboxylic acids is 2. The van der Waals surface area contributed by atoms with Crippen LogP contribution in [-0.2, 0) is 26.9 Å². The van der Waals surface area contributed by atoms with Gasteiger partial charge in [-0.1, -0.05) is 13.8 Å². The lowest BCUT2D eigenvalue weighted by atomic mass is 9.97.